The van der Waals surface area contributed by atoms with Crippen LogP contribution in [0.4, 0.5) is 0 Å². The quantitative estimate of drug-likeness (QED) is 0.286. The Hall–Kier alpha value is -4.32. The van der Waals surface area contributed by atoms with E-state index in [0.717, 1.165) is 10.3 Å². The van der Waals surface area contributed by atoms with Gasteiger partial charge in [-0.3, -0.25) is 18.7 Å². The lowest BCUT2D eigenvalue weighted by atomic mass is 10.1. The van der Waals surface area contributed by atoms with Crippen LogP contribution in [0.3, 0.4) is 0 Å². The van der Waals surface area contributed by atoms with Crippen LogP contribution in [0.5, 0.6) is 0 Å². The number of nitrogens with zero attached hydrogens (tertiary/aromatic N) is 5. The van der Waals surface area contributed by atoms with E-state index in [2.05, 4.69) is 15.4 Å². The minimum atomic E-state index is -3.78. The first kappa shape index (κ1) is 24.4. The fraction of sp³-hybridized carbons (Fsp3) is 0.240. The molecule has 0 spiro atoms. The van der Waals surface area contributed by atoms with Crippen LogP contribution in [0.15, 0.2) is 81.9 Å². The molecular weight excluding hydrogens is 496 g/mol. The van der Waals surface area contributed by atoms with Crippen molar-refractivity contribution in [2.75, 3.05) is 12.3 Å². The van der Waals surface area contributed by atoms with Crippen molar-refractivity contribution in [3.05, 3.63) is 93.7 Å². The Kier molecular flexibility index (Phi) is 6.57. The number of benzene rings is 2. The summed E-state index contributed by atoms with van der Waals surface area (Å²) >= 11 is 0. The largest absolute Gasteiger partial charge is 0.352 e. The number of carbonyl (C=O) groups excluding carboxylic acids is 1. The number of rotatable bonds is 7. The monoisotopic (exact) mass is 520 g/mol. The molecule has 0 atom stereocenters. The Morgan fingerprint density at radius 3 is 2.49 bits per heavy atom. The first-order valence-corrected chi connectivity index (χ1v) is 13.4. The van der Waals surface area contributed by atoms with Gasteiger partial charge in [0.15, 0.2) is 14.9 Å². The van der Waals surface area contributed by atoms with E-state index in [1.165, 1.54) is 10.9 Å². The molecule has 2 aromatic heterocycles. The number of amides is 1. The Morgan fingerprint density at radius 2 is 1.78 bits per heavy atom. The molecule has 0 bridgehead atoms. The van der Waals surface area contributed by atoms with Gasteiger partial charge < -0.3 is 5.32 Å². The smallest absolute Gasteiger partial charge is 0.332 e. The van der Waals surface area contributed by atoms with Crippen molar-refractivity contribution in [1.82, 2.24) is 29.2 Å². The van der Waals surface area contributed by atoms with Gasteiger partial charge in [-0.05, 0) is 42.7 Å². The van der Waals surface area contributed by atoms with E-state index in [-0.39, 0.29) is 41.9 Å². The normalized spacial score (nSPS) is 14.2. The summed E-state index contributed by atoms with van der Waals surface area (Å²) in [6.07, 6.45) is 3.58. The molecule has 0 unspecified atom stereocenters. The number of hydrogen-bond donors (Lipinski definition) is 1. The van der Waals surface area contributed by atoms with Gasteiger partial charge in [-0.1, -0.05) is 30.3 Å². The average molecular weight is 521 g/mol. The van der Waals surface area contributed by atoms with Crippen LogP contribution in [0.2, 0.25) is 0 Å². The van der Waals surface area contributed by atoms with E-state index in [1.807, 2.05) is 0 Å². The van der Waals surface area contributed by atoms with Gasteiger partial charge in [-0.15, -0.1) is 0 Å². The highest BCUT2D eigenvalue weighted by atomic mass is 32.2. The number of fused-ring (bicyclic) bond motifs is 1. The van der Waals surface area contributed by atoms with Crippen LogP contribution >= 0.6 is 0 Å². The highest BCUT2D eigenvalue weighted by Gasteiger charge is 2.32. The Bertz CT molecular complexity index is 1660. The van der Waals surface area contributed by atoms with Crippen molar-refractivity contribution in [1.29, 1.82) is 0 Å². The lowest BCUT2D eigenvalue weighted by molar-refractivity contribution is 0.0952. The van der Waals surface area contributed by atoms with E-state index in [9.17, 15) is 22.8 Å². The summed E-state index contributed by atoms with van der Waals surface area (Å²) in [5, 5.41) is 6.62. The fourth-order valence-corrected chi connectivity index (χ4v) is 6.13. The average Bonchev–Trinajstić information content (AvgIpc) is 3.44. The zero-order valence-electron chi connectivity index (χ0n) is 19.8. The summed E-state index contributed by atoms with van der Waals surface area (Å²) in [4.78, 5) is 43.0. The second kappa shape index (κ2) is 9.97. The molecule has 1 aliphatic heterocycles. The zero-order chi connectivity index (χ0) is 26.0. The van der Waals surface area contributed by atoms with Crippen LogP contribution in [0, 0.1) is 0 Å². The van der Waals surface area contributed by atoms with Gasteiger partial charge in [0, 0.05) is 25.2 Å². The molecule has 0 fully saturated rings. The topological polar surface area (TPSA) is 138 Å². The lowest BCUT2D eigenvalue weighted by Gasteiger charge is -2.23. The Morgan fingerprint density at radius 1 is 1.03 bits per heavy atom. The molecular formula is C25H24N6O5S. The summed E-state index contributed by atoms with van der Waals surface area (Å²) in [6, 6.07) is 15.3. The fourth-order valence-electron chi connectivity index (χ4n) is 4.41. The summed E-state index contributed by atoms with van der Waals surface area (Å²) in [5.41, 5.74) is 0.361. The second-order valence-electron chi connectivity index (χ2n) is 8.61. The van der Waals surface area contributed by atoms with Crippen molar-refractivity contribution in [2.45, 2.75) is 31.0 Å². The number of nitrogens with one attached hydrogen (secondary N) is 1. The minimum Gasteiger partial charge on any atom is -0.352 e. The summed E-state index contributed by atoms with van der Waals surface area (Å²) < 4.78 is 29.6. The number of aromatic nitrogens is 5. The predicted molar refractivity (Wildman–Crippen MR) is 135 cm³/mol. The van der Waals surface area contributed by atoms with E-state index in [0.29, 0.717) is 24.0 Å². The molecule has 1 amide bonds. The van der Waals surface area contributed by atoms with Gasteiger partial charge in [0.25, 0.3) is 11.5 Å². The molecule has 0 saturated carbocycles. The molecule has 1 aliphatic rings. The van der Waals surface area contributed by atoms with Crippen molar-refractivity contribution in [3.8, 4) is 16.8 Å². The first-order chi connectivity index (χ1) is 17.9. The molecule has 5 rings (SSSR count). The Balaban J connectivity index is 1.34. The maximum absolute atomic E-state index is 13.4. The molecule has 1 N–H and O–H groups in total. The van der Waals surface area contributed by atoms with Gasteiger partial charge in [0.1, 0.15) is 12.7 Å². The lowest BCUT2D eigenvalue weighted by Crippen LogP contribution is -2.45. The highest BCUT2D eigenvalue weighted by molar-refractivity contribution is 7.91. The molecule has 37 heavy (non-hydrogen) atoms. The Labute approximate surface area is 211 Å². The maximum Gasteiger partial charge on any atom is 0.332 e. The van der Waals surface area contributed by atoms with E-state index in [4.69, 9.17) is 0 Å². The molecule has 2 aromatic carbocycles. The van der Waals surface area contributed by atoms with Crippen LogP contribution in [-0.2, 0) is 22.9 Å². The summed E-state index contributed by atoms with van der Waals surface area (Å²) in [5.74, 6) is -0.405. The molecule has 3 heterocycles. The second-order valence-corrected chi connectivity index (χ2v) is 10.6. The van der Waals surface area contributed by atoms with Crippen LogP contribution in [-0.4, -0.2) is 50.5 Å². The molecule has 0 saturated heterocycles. The summed E-state index contributed by atoms with van der Waals surface area (Å²) in [7, 11) is -3.78. The standard InChI is InChI=1S/C25H24N6O5S/c32-22(19-8-10-20(11-9-19)31-17-26-16-28-31)27-12-4-13-29-23(33)21(18-6-2-1-3-7-18)24-30(25(29)34)14-5-15-37(24,35)36/h1-3,6-11,16-17H,4-5,12-15H2,(H,27,32). The third kappa shape index (κ3) is 4.75. The van der Waals surface area contributed by atoms with Gasteiger partial charge in [0.05, 0.1) is 17.0 Å². The van der Waals surface area contributed by atoms with Crippen molar-refractivity contribution >= 4 is 15.7 Å². The third-order valence-electron chi connectivity index (χ3n) is 6.19. The first-order valence-electron chi connectivity index (χ1n) is 11.8. The molecule has 4 aromatic rings. The number of carbonyl (C=O) groups is 1. The van der Waals surface area contributed by atoms with Gasteiger partial charge >= 0.3 is 5.69 Å². The van der Waals surface area contributed by atoms with Crippen molar-refractivity contribution in [2.24, 2.45) is 0 Å². The van der Waals surface area contributed by atoms with Crippen molar-refractivity contribution in [3.63, 3.8) is 0 Å². The van der Waals surface area contributed by atoms with Crippen LogP contribution in [0.1, 0.15) is 23.2 Å². The van der Waals surface area contributed by atoms with E-state index in [1.54, 1.807) is 65.6 Å². The van der Waals surface area contributed by atoms with E-state index < -0.39 is 21.1 Å². The van der Waals surface area contributed by atoms with Crippen molar-refractivity contribution < 1.29 is 13.2 Å². The molecule has 0 radical (unpaired) electrons. The van der Waals surface area contributed by atoms with Crippen LogP contribution < -0.4 is 16.6 Å². The maximum atomic E-state index is 13.4. The highest BCUT2D eigenvalue weighted by Crippen LogP contribution is 2.27. The predicted octanol–water partition coefficient (Wildman–Crippen LogP) is 1.26. The SMILES string of the molecule is O=C(NCCCn1c(=O)c(-c2ccccc2)c2n(c1=O)CCCS2(=O)=O)c1ccc(-n2cncn2)cc1. The number of hydrogen-bond acceptors (Lipinski definition) is 7. The van der Waals surface area contributed by atoms with Gasteiger partial charge in [0.2, 0.25) is 0 Å². The van der Waals surface area contributed by atoms with Gasteiger partial charge in [-0.25, -0.2) is 22.9 Å². The number of sulfone groups is 1. The van der Waals surface area contributed by atoms with E-state index >= 15 is 0 Å². The molecule has 12 heteroatoms. The molecule has 0 aliphatic carbocycles. The zero-order valence-corrected chi connectivity index (χ0v) is 20.6. The third-order valence-corrected chi connectivity index (χ3v) is 8.03. The minimum absolute atomic E-state index is 0.0106. The summed E-state index contributed by atoms with van der Waals surface area (Å²) in [6.45, 7) is 0.467. The molecule has 11 nitrogen and oxygen atoms in total. The van der Waals surface area contributed by atoms with Gasteiger partial charge in [-0.2, -0.15) is 5.10 Å². The molecule has 190 valence electrons. The van der Waals surface area contributed by atoms with Crippen LogP contribution in [0.25, 0.3) is 16.8 Å².